The van der Waals surface area contributed by atoms with Gasteiger partial charge in [0.25, 0.3) is 5.69 Å². The predicted octanol–water partition coefficient (Wildman–Crippen LogP) is -2.13. The number of hydrazone groups is 1. The van der Waals surface area contributed by atoms with Crippen LogP contribution in [0, 0.1) is 10.1 Å². The number of aliphatic carboxylic acids is 1. The molecule has 0 aliphatic heterocycles. The van der Waals surface area contributed by atoms with Crippen molar-refractivity contribution in [2.24, 2.45) is 5.10 Å². The van der Waals surface area contributed by atoms with E-state index in [0.29, 0.717) is 0 Å². The van der Waals surface area contributed by atoms with E-state index in [-0.39, 0.29) is 46.8 Å². The quantitative estimate of drug-likeness (QED) is 0.271. The molecule has 2 N–H and O–H groups in total. The summed E-state index contributed by atoms with van der Waals surface area (Å²) in [7, 11) is 0. The molecule has 0 spiro atoms. The van der Waals surface area contributed by atoms with Gasteiger partial charge in [0.05, 0.1) is 4.92 Å². The van der Waals surface area contributed by atoms with Gasteiger partial charge in [-0.3, -0.25) is 15.5 Å². The molecular formula is C8H8N4NaO4+. The van der Waals surface area contributed by atoms with Crippen molar-refractivity contribution in [3.8, 4) is 0 Å². The molecule has 0 radical (unpaired) electrons. The molecular weight excluding hydrogens is 239 g/mol. The third-order valence-corrected chi connectivity index (χ3v) is 1.61. The smallest absolute Gasteiger partial charge is 0.477 e. The van der Waals surface area contributed by atoms with Gasteiger partial charge in [0.2, 0.25) is 0 Å². The molecule has 8 nitrogen and oxygen atoms in total. The van der Waals surface area contributed by atoms with E-state index in [1.807, 2.05) is 0 Å². The molecule has 17 heavy (non-hydrogen) atoms. The summed E-state index contributed by atoms with van der Waals surface area (Å²) < 4.78 is 0. The van der Waals surface area contributed by atoms with E-state index >= 15 is 0 Å². The fourth-order valence-corrected chi connectivity index (χ4v) is 0.749. The van der Waals surface area contributed by atoms with Crippen LogP contribution in [0.1, 0.15) is 6.92 Å². The molecule has 0 aliphatic rings. The summed E-state index contributed by atoms with van der Waals surface area (Å²) in [5, 5.41) is 22.3. The molecule has 0 aromatic carbocycles. The van der Waals surface area contributed by atoms with Gasteiger partial charge in [-0.15, -0.1) is 0 Å². The molecule has 9 heteroatoms. The van der Waals surface area contributed by atoms with Crippen LogP contribution in [0.4, 0.5) is 11.5 Å². The number of nitrogens with zero attached hydrogens (tertiary/aromatic N) is 3. The normalized spacial score (nSPS) is 10.3. The van der Waals surface area contributed by atoms with E-state index in [2.05, 4.69) is 15.5 Å². The third-order valence-electron chi connectivity index (χ3n) is 1.61. The van der Waals surface area contributed by atoms with Gasteiger partial charge < -0.3 is 5.11 Å². The molecule has 0 unspecified atom stereocenters. The first-order chi connectivity index (χ1) is 7.50. The molecule has 1 heterocycles. The Morgan fingerprint density at radius 2 is 2.24 bits per heavy atom. The summed E-state index contributed by atoms with van der Waals surface area (Å²) in [5.41, 5.74) is 2.08. The second kappa shape index (κ2) is 6.94. The summed E-state index contributed by atoms with van der Waals surface area (Å²) in [6.07, 6.45) is 1.05. The first kappa shape index (κ1) is 15.5. The fraction of sp³-hybridized carbons (Fsp3) is 0.125. The number of carboxylic acids is 1. The molecule has 1 aromatic rings. The van der Waals surface area contributed by atoms with Crippen LogP contribution in [0.15, 0.2) is 23.4 Å². The zero-order valence-corrected chi connectivity index (χ0v) is 11.2. The van der Waals surface area contributed by atoms with Gasteiger partial charge in [0.1, 0.15) is 17.7 Å². The number of pyridine rings is 1. The number of carboxylic acid groups (broad SMARTS) is 1. The van der Waals surface area contributed by atoms with Crippen LogP contribution in [0.5, 0.6) is 0 Å². The Bertz CT molecular complexity index is 445. The van der Waals surface area contributed by atoms with Crippen molar-refractivity contribution < 1.29 is 44.4 Å². The van der Waals surface area contributed by atoms with Gasteiger partial charge in [0.15, 0.2) is 0 Å². The van der Waals surface area contributed by atoms with Crippen molar-refractivity contribution >= 4 is 23.2 Å². The van der Waals surface area contributed by atoms with Gasteiger partial charge in [-0.2, -0.15) is 5.10 Å². The van der Waals surface area contributed by atoms with Crippen LogP contribution in [0.3, 0.4) is 0 Å². The number of hydrogen-bond acceptors (Lipinski definition) is 6. The van der Waals surface area contributed by atoms with Crippen LogP contribution < -0.4 is 35.0 Å². The largest absolute Gasteiger partial charge is 1.00 e. The molecule has 1 rings (SSSR count). The van der Waals surface area contributed by atoms with Crippen LogP contribution in [0.2, 0.25) is 0 Å². The van der Waals surface area contributed by atoms with Crippen LogP contribution in [-0.2, 0) is 4.79 Å². The summed E-state index contributed by atoms with van der Waals surface area (Å²) in [4.78, 5) is 23.8. The summed E-state index contributed by atoms with van der Waals surface area (Å²) >= 11 is 0. The molecule has 0 saturated carbocycles. The first-order valence-corrected chi connectivity index (χ1v) is 4.14. The molecule has 0 bridgehead atoms. The number of nitro groups is 1. The van der Waals surface area contributed by atoms with Crippen molar-refractivity contribution in [1.29, 1.82) is 0 Å². The maximum Gasteiger partial charge on any atom is 1.00 e. The zero-order chi connectivity index (χ0) is 12.1. The van der Waals surface area contributed by atoms with E-state index < -0.39 is 10.9 Å². The summed E-state index contributed by atoms with van der Waals surface area (Å²) in [6.45, 7) is 1.31. The number of nitrogens with one attached hydrogen (secondary N) is 1. The SMILES string of the molecule is C/C(=N/Nc1ccc([N+](=O)[O-])cn1)C(=O)O.[Na+]. The Hall–Kier alpha value is -1.51. The van der Waals surface area contributed by atoms with Crippen molar-refractivity contribution in [3.63, 3.8) is 0 Å². The van der Waals surface area contributed by atoms with E-state index in [1.165, 1.54) is 19.1 Å². The van der Waals surface area contributed by atoms with Gasteiger partial charge in [-0.25, -0.2) is 9.78 Å². The molecule has 84 valence electrons. The Labute approximate surface area is 118 Å². The van der Waals surface area contributed by atoms with E-state index in [0.717, 1.165) is 6.20 Å². The van der Waals surface area contributed by atoms with Crippen LogP contribution >= 0.6 is 0 Å². The maximum atomic E-state index is 10.4. The molecule has 1 aromatic heterocycles. The van der Waals surface area contributed by atoms with E-state index in [4.69, 9.17) is 5.11 Å². The Kier molecular flexibility index (Phi) is 6.33. The predicted molar refractivity (Wildman–Crippen MR) is 55.3 cm³/mol. The minimum Gasteiger partial charge on any atom is -0.477 e. The average molecular weight is 247 g/mol. The van der Waals surface area contributed by atoms with E-state index in [9.17, 15) is 14.9 Å². The average Bonchev–Trinajstić information content (AvgIpc) is 2.26. The molecule has 0 amide bonds. The Morgan fingerprint density at radius 1 is 1.59 bits per heavy atom. The van der Waals surface area contributed by atoms with Gasteiger partial charge >= 0.3 is 35.5 Å². The van der Waals surface area contributed by atoms with Gasteiger partial charge in [0, 0.05) is 6.07 Å². The number of hydrogen-bond donors (Lipinski definition) is 2. The fourth-order valence-electron chi connectivity index (χ4n) is 0.749. The number of aromatic nitrogens is 1. The van der Waals surface area contributed by atoms with Crippen LogP contribution in [-0.4, -0.2) is 26.7 Å². The standard InChI is InChI=1S/C8H8N4O4.Na/c1-5(8(13)14)10-11-7-3-2-6(4-9-7)12(15)16;/h2-4H,1H3,(H,9,11)(H,13,14);/q;+1/b10-5-;. The molecule has 0 aliphatic carbocycles. The van der Waals surface area contributed by atoms with Crippen molar-refractivity contribution in [2.75, 3.05) is 5.43 Å². The summed E-state index contributed by atoms with van der Waals surface area (Å²) in [5.74, 6) is -0.930. The Morgan fingerprint density at radius 3 is 2.65 bits per heavy atom. The number of anilines is 1. The second-order valence-corrected chi connectivity index (χ2v) is 2.77. The van der Waals surface area contributed by atoms with Gasteiger partial charge in [-0.05, 0) is 13.0 Å². The molecule has 0 saturated heterocycles. The van der Waals surface area contributed by atoms with Crippen LogP contribution in [0.25, 0.3) is 0 Å². The topological polar surface area (TPSA) is 118 Å². The van der Waals surface area contributed by atoms with Crippen molar-refractivity contribution in [3.05, 3.63) is 28.4 Å². The Balaban J connectivity index is 0.00000256. The molecule has 0 atom stereocenters. The van der Waals surface area contributed by atoms with Crippen molar-refractivity contribution in [1.82, 2.24) is 4.98 Å². The molecule has 0 fully saturated rings. The van der Waals surface area contributed by atoms with Gasteiger partial charge in [-0.1, -0.05) is 0 Å². The minimum absolute atomic E-state index is 0. The van der Waals surface area contributed by atoms with Crippen molar-refractivity contribution in [2.45, 2.75) is 6.92 Å². The third kappa shape index (κ3) is 4.89. The zero-order valence-electron chi connectivity index (χ0n) is 9.25. The maximum absolute atomic E-state index is 10.4. The van der Waals surface area contributed by atoms with E-state index in [1.54, 1.807) is 0 Å². The number of rotatable bonds is 4. The number of carbonyl (C=O) groups is 1. The minimum atomic E-state index is -1.16. The monoisotopic (exact) mass is 247 g/mol. The second-order valence-electron chi connectivity index (χ2n) is 2.77. The summed E-state index contributed by atoms with van der Waals surface area (Å²) in [6, 6.07) is 2.57. The first-order valence-electron chi connectivity index (χ1n) is 4.14.